The lowest BCUT2D eigenvalue weighted by Crippen LogP contribution is -2.07. The molecule has 3 nitrogen and oxygen atoms in total. The van der Waals surface area contributed by atoms with Crippen LogP contribution in [0, 0.1) is 6.92 Å². The van der Waals surface area contributed by atoms with E-state index in [2.05, 4.69) is 44.4 Å². The first-order valence-corrected chi connectivity index (χ1v) is 6.97. The van der Waals surface area contributed by atoms with Gasteiger partial charge in [0.15, 0.2) is 0 Å². The van der Waals surface area contributed by atoms with Crippen LogP contribution in [-0.2, 0) is 6.42 Å². The normalized spacial score (nSPS) is 10.3. The highest BCUT2D eigenvalue weighted by molar-refractivity contribution is 9.10. The molecule has 2 aromatic rings. The van der Waals surface area contributed by atoms with E-state index >= 15 is 0 Å². The highest BCUT2D eigenvalue weighted by Crippen LogP contribution is 2.17. The molecular weight excluding hydrogens is 304 g/mol. The topological polar surface area (TPSA) is 34.1 Å². The largest absolute Gasteiger partial charge is 0.497 e. The van der Waals surface area contributed by atoms with Crippen molar-refractivity contribution in [2.75, 3.05) is 19.0 Å². The summed E-state index contributed by atoms with van der Waals surface area (Å²) in [7, 11) is 1.68. The van der Waals surface area contributed by atoms with E-state index in [0.29, 0.717) is 0 Å². The van der Waals surface area contributed by atoms with Crippen molar-refractivity contribution in [1.29, 1.82) is 0 Å². The van der Waals surface area contributed by atoms with Crippen LogP contribution in [0.2, 0.25) is 0 Å². The Morgan fingerprint density at radius 2 is 2.00 bits per heavy atom. The number of ether oxygens (including phenoxy) is 1. The Morgan fingerprint density at radius 1 is 1.26 bits per heavy atom. The molecule has 19 heavy (non-hydrogen) atoms. The van der Waals surface area contributed by atoms with E-state index < -0.39 is 0 Å². The first kappa shape index (κ1) is 13.9. The quantitative estimate of drug-likeness (QED) is 0.909. The van der Waals surface area contributed by atoms with Crippen LogP contribution in [0.15, 0.2) is 41.0 Å². The van der Waals surface area contributed by atoms with Crippen molar-refractivity contribution in [3.8, 4) is 5.75 Å². The first-order valence-electron chi connectivity index (χ1n) is 6.18. The van der Waals surface area contributed by atoms with E-state index in [1.54, 1.807) is 7.11 Å². The van der Waals surface area contributed by atoms with Crippen molar-refractivity contribution >= 4 is 21.7 Å². The number of nitrogens with one attached hydrogen (secondary N) is 1. The summed E-state index contributed by atoms with van der Waals surface area (Å²) >= 11 is 3.41. The second-order valence-corrected chi connectivity index (χ2v) is 5.26. The number of hydrogen-bond acceptors (Lipinski definition) is 3. The van der Waals surface area contributed by atoms with Gasteiger partial charge in [0.1, 0.15) is 11.6 Å². The maximum atomic E-state index is 5.14. The number of hydrogen-bond donors (Lipinski definition) is 1. The molecule has 0 radical (unpaired) electrons. The van der Waals surface area contributed by atoms with Crippen molar-refractivity contribution in [2.24, 2.45) is 0 Å². The van der Waals surface area contributed by atoms with Crippen LogP contribution in [0.3, 0.4) is 0 Å². The molecule has 1 aromatic carbocycles. The molecule has 0 unspecified atom stereocenters. The Hall–Kier alpha value is -1.55. The molecule has 1 aromatic heterocycles. The van der Waals surface area contributed by atoms with Crippen LogP contribution in [0.1, 0.15) is 11.1 Å². The maximum Gasteiger partial charge on any atom is 0.128 e. The minimum absolute atomic E-state index is 0.863. The zero-order valence-corrected chi connectivity index (χ0v) is 12.7. The van der Waals surface area contributed by atoms with E-state index in [4.69, 9.17) is 4.74 Å². The Kier molecular flexibility index (Phi) is 4.80. The van der Waals surface area contributed by atoms with Crippen molar-refractivity contribution < 1.29 is 4.74 Å². The van der Waals surface area contributed by atoms with Gasteiger partial charge in [0.25, 0.3) is 0 Å². The Morgan fingerprint density at radius 3 is 2.63 bits per heavy atom. The fraction of sp³-hybridized carbons (Fsp3) is 0.267. The number of methoxy groups -OCH3 is 1. The molecule has 2 rings (SSSR count). The number of anilines is 1. The molecule has 0 spiro atoms. The van der Waals surface area contributed by atoms with Crippen LogP contribution in [-0.4, -0.2) is 18.6 Å². The van der Waals surface area contributed by atoms with Crippen LogP contribution in [0.4, 0.5) is 5.82 Å². The predicted molar refractivity (Wildman–Crippen MR) is 81.9 cm³/mol. The Balaban J connectivity index is 1.88. The van der Waals surface area contributed by atoms with Gasteiger partial charge in [0.2, 0.25) is 0 Å². The Labute approximate surface area is 122 Å². The van der Waals surface area contributed by atoms with E-state index in [1.165, 1.54) is 5.56 Å². The lowest BCUT2D eigenvalue weighted by atomic mass is 10.1. The van der Waals surface area contributed by atoms with Gasteiger partial charge < -0.3 is 10.1 Å². The molecule has 0 amide bonds. The number of rotatable bonds is 5. The summed E-state index contributed by atoms with van der Waals surface area (Å²) in [5, 5.41) is 3.35. The third-order valence-electron chi connectivity index (χ3n) is 2.91. The van der Waals surface area contributed by atoms with Gasteiger partial charge in [-0.25, -0.2) is 4.98 Å². The fourth-order valence-electron chi connectivity index (χ4n) is 1.84. The minimum Gasteiger partial charge on any atom is -0.497 e. The summed E-state index contributed by atoms with van der Waals surface area (Å²) < 4.78 is 6.15. The number of nitrogens with zero attached hydrogens (tertiary/aromatic N) is 1. The summed E-state index contributed by atoms with van der Waals surface area (Å²) in [6.45, 7) is 2.91. The van der Waals surface area contributed by atoms with Crippen LogP contribution in [0.25, 0.3) is 0 Å². The van der Waals surface area contributed by atoms with Gasteiger partial charge >= 0.3 is 0 Å². The van der Waals surface area contributed by atoms with Gasteiger partial charge in [0, 0.05) is 17.2 Å². The highest BCUT2D eigenvalue weighted by atomic mass is 79.9. The third kappa shape index (κ3) is 3.96. The van der Waals surface area contributed by atoms with Crippen LogP contribution < -0.4 is 10.1 Å². The summed E-state index contributed by atoms with van der Waals surface area (Å²) in [5.41, 5.74) is 2.42. The molecule has 1 N–H and O–H groups in total. The number of aryl methyl sites for hydroxylation is 1. The second kappa shape index (κ2) is 6.57. The highest BCUT2D eigenvalue weighted by Gasteiger charge is 2.00. The average molecular weight is 321 g/mol. The standard InChI is InChI=1S/C15H17BrN2O/c1-11-9-13(16)10-18-15(11)17-8-7-12-3-5-14(19-2)6-4-12/h3-6,9-10H,7-8H2,1-2H3,(H,17,18). The zero-order chi connectivity index (χ0) is 13.7. The smallest absolute Gasteiger partial charge is 0.128 e. The van der Waals surface area contributed by atoms with Gasteiger partial charge in [-0.15, -0.1) is 0 Å². The number of pyridine rings is 1. The predicted octanol–water partition coefficient (Wildman–Crippen LogP) is 3.82. The van der Waals surface area contributed by atoms with Gasteiger partial charge in [-0.1, -0.05) is 12.1 Å². The van der Waals surface area contributed by atoms with E-state index in [9.17, 15) is 0 Å². The number of benzene rings is 1. The summed E-state index contributed by atoms with van der Waals surface area (Å²) in [6, 6.07) is 10.2. The minimum atomic E-state index is 0.863. The van der Waals surface area contributed by atoms with Crippen LogP contribution in [0.5, 0.6) is 5.75 Å². The molecule has 0 aliphatic rings. The molecule has 0 saturated carbocycles. The zero-order valence-electron chi connectivity index (χ0n) is 11.1. The third-order valence-corrected chi connectivity index (χ3v) is 3.34. The molecule has 0 aliphatic heterocycles. The molecular formula is C15H17BrN2O. The molecule has 0 bridgehead atoms. The van der Waals surface area contributed by atoms with Gasteiger partial charge in [0.05, 0.1) is 7.11 Å². The lowest BCUT2D eigenvalue weighted by molar-refractivity contribution is 0.414. The fourth-order valence-corrected chi connectivity index (χ4v) is 2.29. The summed E-state index contributed by atoms with van der Waals surface area (Å²) in [4.78, 5) is 4.36. The van der Waals surface area contributed by atoms with E-state index in [1.807, 2.05) is 25.3 Å². The number of aromatic nitrogens is 1. The van der Waals surface area contributed by atoms with E-state index in [0.717, 1.165) is 34.6 Å². The molecule has 0 atom stereocenters. The summed E-state index contributed by atoms with van der Waals surface area (Å²) in [5.74, 6) is 1.83. The Bertz CT molecular complexity index is 540. The SMILES string of the molecule is COc1ccc(CCNc2ncc(Br)cc2C)cc1. The average Bonchev–Trinajstić information content (AvgIpc) is 2.42. The molecule has 4 heteroatoms. The number of halogens is 1. The molecule has 0 fully saturated rings. The van der Waals surface area contributed by atoms with Crippen LogP contribution >= 0.6 is 15.9 Å². The lowest BCUT2D eigenvalue weighted by Gasteiger charge is -2.09. The summed E-state index contributed by atoms with van der Waals surface area (Å²) in [6.07, 6.45) is 2.77. The van der Waals surface area contributed by atoms with Crippen molar-refractivity contribution in [1.82, 2.24) is 4.98 Å². The van der Waals surface area contributed by atoms with Crippen molar-refractivity contribution in [3.05, 3.63) is 52.1 Å². The monoisotopic (exact) mass is 320 g/mol. The van der Waals surface area contributed by atoms with Gasteiger partial charge in [-0.05, 0) is 58.6 Å². The van der Waals surface area contributed by atoms with Gasteiger partial charge in [-0.2, -0.15) is 0 Å². The molecule has 0 saturated heterocycles. The van der Waals surface area contributed by atoms with Crippen molar-refractivity contribution in [2.45, 2.75) is 13.3 Å². The van der Waals surface area contributed by atoms with Crippen molar-refractivity contribution in [3.63, 3.8) is 0 Å². The maximum absolute atomic E-state index is 5.14. The molecule has 1 heterocycles. The first-order chi connectivity index (χ1) is 9.19. The van der Waals surface area contributed by atoms with E-state index in [-0.39, 0.29) is 0 Å². The van der Waals surface area contributed by atoms with Gasteiger partial charge in [-0.3, -0.25) is 0 Å². The molecule has 0 aliphatic carbocycles. The second-order valence-electron chi connectivity index (χ2n) is 4.34. The molecule has 100 valence electrons.